The van der Waals surface area contributed by atoms with E-state index in [4.69, 9.17) is 0 Å². The third kappa shape index (κ3) is 4.90. The zero-order valence-electron chi connectivity index (χ0n) is 19.9. The number of aromatic hydroxyl groups is 1. The molecular formula is C27H27N4O5+. The molecule has 3 aromatic carbocycles. The fraction of sp³-hybridized carbons (Fsp3) is 0.185. The van der Waals surface area contributed by atoms with Gasteiger partial charge in [0.15, 0.2) is 5.75 Å². The number of carbonyl (C=O) groups is 1. The quantitative estimate of drug-likeness (QED) is 0.124. The van der Waals surface area contributed by atoms with Crippen molar-refractivity contribution in [1.82, 2.24) is 4.90 Å². The Bertz CT molecular complexity index is 1460. The van der Waals surface area contributed by atoms with Gasteiger partial charge in [-0.15, -0.1) is 0 Å². The molecule has 0 unspecified atom stereocenters. The predicted molar refractivity (Wildman–Crippen MR) is 135 cm³/mol. The largest absolute Gasteiger partial charge is 0.505 e. The monoisotopic (exact) mass is 487 g/mol. The number of hydrogen-bond donors (Lipinski definition) is 4. The Labute approximate surface area is 207 Å². The highest BCUT2D eigenvalue weighted by Gasteiger charge is 2.26. The minimum Gasteiger partial charge on any atom is -0.505 e. The van der Waals surface area contributed by atoms with Crippen molar-refractivity contribution >= 4 is 23.0 Å². The van der Waals surface area contributed by atoms with E-state index in [1.165, 1.54) is 29.4 Å². The molecule has 0 bridgehead atoms. The second kappa shape index (κ2) is 10.3. The summed E-state index contributed by atoms with van der Waals surface area (Å²) in [7, 11) is 1.57. The van der Waals surface area contributed by atoms with E-state index in [1.54, 1.807) is 25.2 Å². The van der Waals surface area contributed by atoms with E-state index in [0.717, 1.165) is 10.3 Å². The number of carbonyl (C=O) groups excluding carboxylic acids is 1. The summed E-state index contributed by atoms with van der Waals surface area (Å²) in [5.41, 5.74) is 0.669. The number of hydrogen-bond acceptors (Lipinski definition) is 7. The SMILES string of the molecule is CC[C@@H](Nc1c(Nc2cccc(C(=O)N(C)Cc3ccc[n+](O)c3)c2O)c(=O)c1=O)c1ccccc1. The van der Waals surface area contributed by atoms with Crippen LogP contribution in [0.25, 0.3) is 0 Å². The molecule has 1 amide bonds. The van der Waals surface area contributed by atoms with Crippen molar-refractivity contribution in [3.63, 3.8) is 0 Å². The van der Waals surface area contributed by atoms with Gasteiger partial charge in [0.25, 0.3) is 16.8 Å². The molecule has 1 atom stereocenters. The Morgan fingerprint density at radius 1 is 1.00 bits per heavy atom. The maximum absolute atomic E-state index is 13.0. The average molecular weight is 488 g/mol. The lowest BCUT2D eigenvalue weighted by Gasteiger charge is -2.23. The molecule has 0 saturated heterocycles. The lowest BCUT2D eigenvalue weighted by Crippen LogP contribution is -2.37. The molecule has 0 aliphatic carbocycles. The van der Waals surface area contributed by atoms with Crippen LogP contribution in [0.15, 0.2) is 82.6 Å². The van der Waals surface area contributed by atoms with Crippen molar-refractivity contribution in [2.24, 2.45) is 0 Å². The summed E-state index contributed by atoms with van der Waals surface area (Å²) in [6, 6.07) is 17.4. The number of phenols is 1. The van der Waals surface area contributed by atoms with Gasteiger partial charge in [0, 0.05) is 23.4 Å². The highest BCUT2D eigenvalue weighted by atomic mass is 16.5. The van der Waals surface area contributed by atoms with Gasteiger partial charge in [-0.1, -0.05) is 43.3 Å². The first-order chi connectivity index (χ1) is 17.3. The van der Waals surface area contributed by atoms with Crippen molar-refractivity contribution < 1.29 is 19.8 Å². The first-order valence-electron chi connectivity index (χ1n) is 11.5. The number of amides is 1. The van der Waals surface area contributed by atoms with Gasteiger partial charge >= 0.3 is 0 Å². The number of anilines is 3. The topological polar surface area (TPSA) is 123 Å². The number of phenolic OH excluding ortho intramolecular Hbond substituents is 1. The minimum absolute atomic E-state index is 0.0271. The summed E-state index contributed by atoms with van der Waals surface area (Å²) < 4.78 is 0.896. The van der Waals surface area contributed by atoms with Gasteiger partial charge in [-0.05, 0) is 30.2 Å². The molecule has 36 heavy (non-hydrogen) atoms. The maximum atomic E-state index is 13.0. The van der Waals surface area contributed by atoms with Crippen LogP contribution in [-0.2, 0) is 6.54 Å². The van der Waals surface area contributed by atoms with Crippen molar-refractivity contribution in [3.8, 4) is 5.75 Å². The number of rotatable bonds is 9. The van der Waals surface area contributed by atoms with Crippen LogP contribution in [0.2, 0.25) is 0 Å². The van der Waals surface area contributed by atoms with E-state index in [0.29, 0.717) is 12.0 Å². The van der Waals surface area contributed by atoms with E-state index < -0.39 is 16.8 Å². The van der Waals surface area contributed by atoms with Crippen molar-refractivity contribution in [1.29, 1.82) is 0 Å². The first-order valence-corrected chi connectivity index (χ1v) is 11.5. The van der Waals surface area contributed by atoms with E-state index in [9.17, 15) is 24.7 Å². The van der Waals surface area contributed by atoms with Crippen LogP contribution in [0.5, 0.6) is 5.75 Å². The van der Waals surface area contributed by atoms with Crippen LogP contribution < -0.4 is 26.2 Å². The standard InChI is InChI=1S/C27H26N4O5/c1-3-20(18-10-5-4-6-11-18)28-22-23(26(34)25(22)33)29-21-13-7-12-19(24(21)32)27(35)30(2)15-17-9-8-14-31(36)16-17/h4-14,16,20H,3,15H2,1-2H3,(H3-,28,29,32,33,34,35,36)/p+1/t20-/m1/s1. The number of aromatic nitrogens is 1. The summed E-state index contributed by atoms with van der Waals surface area (Å²) in [6.07, 6.45) is 3.61. The van der Waals surface area contributed by atoms with E-state index >= 15 is 0 Å². The predicted octanol–water partition coefficient (Wildman–Crippen LogP) is 3.09. The summed E-state index contributed by atoms with van der Waals surface area (Å²) in [6.45, 7) is 2.16. The summed E-state index contributed by atoms with van der Waals surface area (Å²) in [5.74, 6) is -0.795. The normalized spacial score (nSPS) is 11.7. The lowest BCUT2D eigenvalue weighted by molar-refractivity contribution is -0.905. The van der Waals surface area contributed by atoms with Crippen LogP contribution in [0.1, 0.15) is 40.9 Å². The summed E-state index contributed by atoms with van der Waals surface area (Å²) >= 11 is 0. The van der Waals surface area contributed by atoms with Gasteiger partial charge in [-0.25, -0.2) is 0 Å². The molecule has 0 fully saturated rings. The third-order valence-electron chi connectivity index (χ3n) is 5.98. The molecule has 0 aliphatic heterocycles. The zero-order chi connectivity index (χ0) is 25.8. The molecule has 1 heterocycles. The Morgan fingerprint density at radius 2 is 1.72 bits per heavy atom. The van der Waals surface area contributed by atoms with Gasteiger partial charge in [0.2, 0.25) is 12.4 Å². The Balaban J connectivity index is 1.55. The molecule has 4 aromatic rings. The zero-order valence-corrected chi connectivity index (χ0v) is 19.9. The van der Waals surface area contributed by atoms with Crippen LogP contribution in [0.3, 0.4) is 0 Å². The van der Waals surface area contributed by atoms with Crippen LogP contribution in [0.4, 0.5) is 17.1 Å². The van der Waals surface area contributed by atoms with Gasteiger partial charge < -0.3 is 20.6 Å². The molecule has 9 heteroatoms. The molecule has 4 rings (SSSR count). The van der Waals surface area contributed by atoms with Crippen molar-refractivity contribution in [2.45, 2.75) is 25.9 Å². The third-order valence-corrected chi connectivity index (χ3v) is 5.98. The molecule has 9 nitrogen and oxygen atoms in total. The minimum atomic E-state index is -0.699. The molecule has 184 valence electrons. The van der Waals surface area contributed by atoms with Gasteiger partial charge in [0.05, 0.1) is 23.8 Å². The molecule has 1 aromatic heterocycles. The first kappa shape index (κ1) is 24.5. The van der Waals surface area contributed by atoms with Gasteiger partial charge in [-0.2, -0.15) is 0 Å². The fourth-order valence-electron chi connectivity index (χ4n) is 4.04. The van der Waals surface area contributed by atoms with E-state index in [2.05, 4.69) is 10.6 Å². The number of benzene rings is 2. The molecular weight excluding hydrogens is 460 g/mol. The number of pyridine rings is 1. The number of nitrogens with one attached hydrogen (secondary N) is 2. The maximum Gasteiger partial charge on any atom is 0.257 e. The summed E-state index contributed by atoms with van der Waals surface area (Å²) in [4.78, 5) is 39.1. The van der Waals surface area contributed by atoms with Gasteiger partial charge in [-0.3, -0.25) is 19.6 Å². The second-order valence-corrected chi connectivity index (χ2v) is 8.50. The van der Waals surface area contributed by atoms with Crippen LogP contribution >= 0.6 is 0 Å². The highest BCUT2D eigenvalue weighted by Crippen LogP contribution is 2.33. The molecule has 0 aliphatic rings. The number of nitrogens with zero attached hydrogens (tertiary/aromatic N) is 2. The Hall–Kier alpha value is -4.66. The van der Waals surface area contributed by atoms with E-state index in [-0.39, 0.29) is 41.0 Å². The summed E-state index contributed by atoms with van der Waals surface area (Å²) in [5, 5.41) is 26.4. The van der Waals surface area contributed by atoms with Gasteiger partial charge in [0.1, 0.15) is 11.4 Å². The molecule has 0 radical (unpaired) electrons. The molecule has 0 spiro atoms. The van der Waals surface area contributed by atoms with Crippen molar-refractivity contribution in [2.75, 3.05) is 17.7 Å². The Kier molecular flexibility index (Phi) is 7.00. The highest BCUT2D eigenvalue weighted by molar-refractivity contribution is 5.99. The fourth-order valence-corrected chi connectivity index (χ4v) is 4.04. The van der Waals surface area contributed by atoms with E-state index in [1.807, 2.05) is 37.3 Å². The Morgan fingerprint density at radius 3 is 2.42 bits per heavy atom. The molecule has 0 saturated carbocycles. The van der Waals surface area contributed by atoms with Crippen LogP contribution in [-0.4, -0.2) is 28.2 Å². The smallest absolute Gasteiger partial charge is 0.257 e. The van der Waals surface area contributed by atoms with Crippen LogP contribution in [0, 0.1) is 0 Å². The number of para-hydroxylation sites is 1. The molecule has 4 N–H and O–H groups in total. The lowest BCUT2D eigenvalue weighted by atomic mass is 10.0. The second-order valence-electron chi connectivity index (χ2n) is 8.50. The van der Waals surface area contributed by atoms with Crippen molar-refractivity contribution in [3.05, 3.63) is 110 Å². The average Bonchev–Trinajstić information content (AvgIpc) is 2.89.